The molecule has 0 saturated heterocycles. The van der Waals surface area contributed by atoms with Crippen molar-refractivity contribution in [2.24, 2.45) is 5.10 Å². The third-order valence-corrected chi connectivity index (χ3v) is 6.56. The summed E-state index contributed by atoms with van der Waals surface area (Å²) in [5.74, 6) is 0.830. The fourth-order valence-electron chi connectivity index (χ4n) is 4.55. The number of amides is 1. The molecule has 1 atom stereocenters. The smallest absolute Gasteiger partial charge is 0.257 e. The maximum atomic E-state index is 13.2. The van der Waals surface area contributed by atoms with Crippen LogP contribution in [0.25, 0.3) is 10.9 Å². The van der Waals surface area contributed by atoms with Gasteiger partial charge >= 0.3 is 0 Å². The Morgan fingerprint density at radius 2 is 2.03 bits per heavy atom. The molecule has 1 aromatic heterocycles. The lowest BCUT2D eigenvalue weighted by atomic mass is 9.92. The Bertz CT molecular complexity index is 1310. The number of hydrogen-bond acceptors (Lipinski definition) is 4. The monoisotopic (exact) mass is 449 g/mol. The molecule has 0 bridgehead atoms. The van der Waals surface area contributed by atoms with E-state index in [1.807, 2.05) is 43.3 Å². The number of halogens is 1. The van der Waals surface area contributed by atoms with Gasteiger partial charge < -0.3 is 9.72 Å². The van der Waals surface area contributed by atoms with Gasteiger partial charge in [0, 0.05) is 23.7 Å². The van der Waals surface area contributed by atoms with Gasteiger partial charge in [0.15, 0.2) is 0 Å². The van der Waals surface area contributed by atoms with Crippen LogP contribution in [0.2, 0.25) is 5.02 Å². The van der Waals surface area contributed by atoms with Crippen LogP contribution in [-0.4, -0.2) is 28.7 Å². The number of hydrazone groups is 1. The van der Waals surface area contributed by atoms with E-state index in [9.17, 15) is 9.59 Å². The lowest BCUT2D eigenvalue weighted by Gasteiger charge is -2.22. The van der Waals surface area contributed by atoms with Crippen LogP contribution >= 0.6 is 11.6 Å². The molecule has 32 heavy (non-hydrogen) atoms. The number of carbonyl (C=O) groups excluding carboxylic acids is 1. The average molecular weight is 450 g/mol. The van der Waals surface area contributed by atoms with E-state index in [4.69, 9.17) is 21.4 Å². The van der Waals surface area contributed by atoms with Crippen molar-refractivity contribution in [3.05, 3.63) is 74.5 Å². The molecule has 6 nitrogen and oxygen atoms in total. The summed E-state index contributed by atoms with van der Waals surface area (Å²) in [6, 6.07) is 13.1. The first-order chi connectivity index (χ1) is 15.5. The topological polar surface area (TPSA) is 74.8 Å². The number of pyridine rings is 1. The predicted molar refractivity (Wildman–Crippen MR) is 126 cm³/mol. The molecule has 1 fully saturated rings. The molecule has 2 heterocycles. The zero-order valence-electron chi connectivity index (χ0n) is 18.0. The van der Waals surface area contributed by atoms with Crippen molar-refractivity contribution in [3.63, 3.8) is 0 Å². The molecule has 5 rings (SSSR count). The summed E-state index contributed by atoms with van der Waals surface area (Å²) in [5, 5.41) is 7.75. The Balaban J connectivity index is 1.63. The van der Waals surface area contributed by atoms with Gasteiger partial charge in [-0.25, -0.2) is 5.01 Å². The van der Waals surface area contributed by atoms with Gasteiger partial charge in [-0.3, -0.25) is 9.59 Å². The number of H-pyrrole nitrogens is 1. The maximum absolute atomic E-state index is 13.2. The van der Waals surface area contributed by atoms with E-state index in [1.165, 1.54) is 5.01 Å². The van der Waals surface area contributed by atoms with Crippen LogP contribution < -0.4 is 10.3 Å². The number of rotatable bonds is 5. The predicted octanol–water partition coefficient (Wildman–Crippen LogP) is 5.16. The minimum atomic E-state index is -0.321. The van der Waals surface area contributed by atoms with Crippen LogP contribution in [0.1, 0.15) is 61.3 Å². The summed E-state index contributed by atoms with van der Waals surface area (Å²) in [6.45, 7) is 1.81. The van der Waals surface area contributed by atoms with E-state index in [0.717, 1.165) is 34.9 Å². The Kier molecular flexibility index (Phi) is 5.25. The van der Waals surface area contributed by atoms with Crippen LogP contribution in [0, 0.1) is 0 Å². The number of nitrogens with one attached hydrogen (secondary N) is 1. The zero-order valence-corrected chi connectivity index (χ0v) is 18.8. The molecule has 7 heteroatoms. The van der Waals surface area contributed by atoms with Crippen molar-refractivity contribution in [1.82, 2.24) is 9.99 Å². The van der Waals surface area contributed by atoms with E-state index in [1.54, 1.807) is 13.2 Å². The second kappa shape index (κ2) is 8.10. The number of hydrogen-bond donors (Lipinski definition) is 1. The van der Waals surface area contributed by atoms with Crippen LogP contribution in [0.3, 0.4) is 0 Å². The van der Waals surface area contributed by atoms with E-state index in [0.29, 0.717) is 40.8 Å². The second-order valence-electron chi connectivity index (χ2n) is 8.32. The quantitative estimate of drug-likeness (QED) is 0.585. The van der Waals surface area contributed by atoms with Crippen LogP contribution in [0.15, 0.2) is 52.4 Å². The van der Waals surface area contributed by atoms with Gasteiger partial charge in [-0.2, -0.15) is 5.10 Å². The second-order valence-corrected chi connectivity index (χ2v) is 8.72. The van der Waals surface area contributed by atoms with E-state index >= 15 is 0 Å². The Morgan fingerprint density at radius 1 is 1.25 bits per heavy atom. The molecular weight excluding hydrogens is 426 g/mol. The SMILES string of the molecule is CCC(=O)N1N=C(c2c(C3CC3)c3ccccc3[nH]c2=O)CC1c1ccc(OC)c(Cl)c1. The fourth-order valence-corrected chi connectivity index (χ4v) is 4.82. The molecule has 1 N–H and O–H groups in total. The number of methoxy groups -OCH3 is 1. The molecule has 3 aromatic rings. The lowest BCUT2D eigenvalue weighted by molar-refractivity contribution is -0.132. The highest BCUT2D eigenvalue weighted by molar-refractivity contribution is 6.32. The first-order valence-corrected chi connectivity index (χ1v) is 11.3. The molecule has 1 aliphatic heterocycles. The molecule has 1 unspecified atom stereocenters. The van der Waals surface area contributed by atoms with Crippen LogP contribution in [0.5, 0.6) is 5.75 Å². The lowest BCUT2D eigenvalue weighted by Crippen LogP contribution is -2.26. The van der Waals surface area contributed by atoms with Gasteiger partial charge in [-0.05, 0) is 48.1 Å². The first-order valence-electron chi connectivity index (χ1n) is 10.9. The number of aromatic amines is 1. The van der Waals surface area contributed by atoms with Gasteiger partial charge in [0.1, 0.15) is 5.75 Å². The number of ether oxygens (including phenoxy) is 1. The van der Waals surface area contributed by atoms with Gasteiger partial charge in [0.2, 0.25) is 5.91 Å². The van der Waals surface area contributed by atoms with Gasteiger partial charge in [-0.1, -0.05) is 42.8 Å². The molecule has 1 saturated carbocycles. The van der Waals surface area contributed by atoms with Crippen molar-refractivity contribution in [2.75, 3.05) is 7.11 Å². The van der Waals surface area contributed by atoms with Crippen molar-refractivity contribution >= 4 is 34.1 Å². The van der Waals surface area contributed by atoms with Crippen molar-refractivity contribution in [2.45, 2.75) is 44.6 Å². The Hall–Kier alpha value is -3.12. The van der Waals surface area contributed by atoms with Crippen LogP contribution in [0.4, 0.5) is 0 Å². The van der Waals surface area contributed by atoms with Crippen molar-refractivity contribution in [3.8, 4) is 5.75 Å². The molecular formula is C25H24ClN3O3. The normalized spacial score (nSPS) is 18.2. The molecule has 0 radical (unpaired) electrons. The number of carbonyl (C=O) groups is 1. The largest absolute Gasteiger partial charge is 0.495 e. The highest BCUT2D eigenvalue weighted by Crippen LogP contribution is 2.45. The molecule has 2 aliphatic rings. The zero-order chi connectivity index (χ0) is 22.4. The summed E-state index contributed by atoms with van der Waals surface area (Å²) in [5.41, 5.74) is 3.87. The number of benzene rings is 2. The molecule has 1 amide bonds. The van der Waals surface area contributed by atoms with Crippen molar-refractivity contribution < 1.29 is 9.53 Å². The number of aromatic nitrogens is 1. The van der Waals surface area contributed by atoms with Crippen LogP contribution in [-0.2, 0) is 4.79 Å². The highest BCUT2D eigenvalue weighted by atomic mass is 35.5. The number of fused-ring (bicyclic) bond motifs is 1. The van der Waals surface area contributed by atoms with E-state index in [2.05, 4.69) is 4.98 Å². The Morgan fingerprint density at radius 3 is 2.72 bits per heavy atom. The summed E-state index contributed by atoms with van der Waals surface area (Å²) in [4.78, 5) is 29.0. The summed E-state index contributed by atoms with van der Waals surface area (Å²) in [6.07, 6.45) is 2.89. The van der Waals surface area contributed by atoms with Crippen molar-refractivity contribution in [1.29, 1.82) is 0 Å². The first kappa shape index (κ1) is 20.8. The summed E-state index contributed by atoms with van der Waals surface area (Å²) >= 11 is 6.37. The summed E-state index contributed by atoms with van der Waals surface area (Å²) < 4.78 is 5.27. The fraction of sp³-hybridized carbons (Fsp3) is 0.320. The maximum Gasteiger partial charge on any atom is 0.257 e. The van der Waals surface area contributed by atoms with E-state index < -0.39 is 0 Å². The molecule has 0 spiro atoms. The molecule has 164 valence electrons. The highest BCUT2D eigenvalue weighted by Gasteiger charge is 2.37. The number of nitrogens with zero attached hydrogens (tertiary/aromatic N) is 2. The minimum Gasteiger partial charge on any atom is -0.495 e. The Labute approximate surface area is 190 Å². The average Bonchev–Trinajstić information content (AvgIpc) is 3.55. The van der Waals surface area contributed by atoms with E-state index in [-0.39, 0.29) is 17.5 Å². The standard InChI is InChI=1S/C25H24ClN3O3/c1-3-22(30)29-20(15-10-11-21(32-2)17(26)12-15)13-19(28-29)24-23(14-8-9-14)16-6-4-5-7-18(16)27-25(24)31/h4-7,10-12,14,20H,3,8-9,13H2,1-2H3,(H,27,31). The number of para-hydroxylation sites is 1. The third-order valence-electron chi connectivity index (χ3n) is 6.26. The summed E-state index contributed by atoms with van der Waals surface area (Å²) in [7, 11) is 1.57. The molecule has 1 aliphatic carbocycles. The molecule has 2 aromatic carbocycles. The third kappa shape index (κ3) is 3.48. The van der Waals surface area contributed by atoms with Gasteiger partial charge in [-0.15, -0.1) is 0 Å². The van der Waals surface area contributed by atoms with Gasteiger partial charge in [0.25, 0.3) is 5.56 Å². The van der Waals surface area contributed by atoms with Gasteiger partial charge in [0.05, 0.1) is 29.4 Å². The minimum absolute atomic E-state index is 0.0952.